The summed E-state index contributed by atoms with van der Waals surface area (Å²) in [6.45, 7) is 5.06. The summed E-state index contributed by atoms with van der Waals surface area (Å²) < 4.78 is 16.8. The number of ether oxygens (including phenoxy) is 3. The summed E-state index contributed by atoms with van der Waals surface area (Å²) in [4.78, 5) is 12.2. The van der Waals surface area contributed by atoms with Crippen molar-refractivity contribution >= 4 is 17.3 Å². The number of para-hydroxylation sites is 1. The number of anilines is 2. The third-order valence-corrected chi connectivity index (χ3v) is 4.16. The molecule has 0 atom stereocenters. The predicted molar refractivity (Wildman–Crippen MR) is 123 cm³/mol. The molecule has 0 spiro atoms. The van der Waals surface area contributed by atoms with Gasteiger partial charge in [0.05, 0.1) is 6.54 Å². The Balaban J connectivity index is 1.39. The highest BCUT2D eigenvalue weighted by Gasteiger charge is 2.04. The predicted octanol–water partition coefficient (Wildman–Crippen LogP) is 4.76. The van der Waals surface area contributed by atoms with Crippen molar-refractivity contribution in [3.63, 3.8) is 0 Å². The van der Waals surface area contributed by atoms with Crippen LogP contribution in [0.4, 0.5) is 11.4 Å². The van der Waals surface area contributed by atoms with E-state index in [1.807, 2.05) is 54.6 Å². The number of rotatable bonds is 12. The number of carbonyl (C=O) groups is 1. The molecule has 3 rings (SSSR count). The molecule has 2 N–H and O–H groups in total. The van der Waals surface area contributed by atoms with Gasteiger partial charge in [-0.05, 0) is 48.5 Å². The van der Waals surface area contributed by atoms with E-state index in [4.69, 9.17) is 14.2 Å². The van der Waals surface area contributed by atoms with Crippen LogP contribution in [-0.2, 0) is 4.79 Å². The molecule has 0 saturated carbocycles. The van der Waals surface area contributed by atoms with Crippen molar-refractivity contribution in [1.29, 1.82) is 0 Å². The number of carbonyl (C=O) groups excluding carboxylic acids is 1. The average Bonchev–Trinajstić information content (AvgIpc) is 2.81. The van der Waals surface area contributed by atoms with Crippen LogP contribution < -0.4 is 24.8 Å². The lowest BCUT2D eigenvalue weighted by Crippen LogP contribution is -2.21. The summed E-state index contributed by atoms with van der Waals surface area (Å²) in [5.41, 5.74) is 1.50. The van der Waals surface area contributed by atoms with Crippen LogP contribution in [0, 0.1) is 0 Å². The molecule has 6 heteroatoms. The van der Waals surface area contributed by atoms with E-state index >= 15 is 0 Å². The second-order valence-electron chi connectivity index (χ2n) is 6.56. The van der Waals surface area contributed by atoms with Crippen molar-refractivity contribution in [1.82, 2.24) is 0 Å². The Kier molecular flexibility index (Phi) is 8.37. The zero-order valence-corrected chi connectivity index (χ0v) is 17.3. The summed E-state index contributed by atoms with van der Waals surface area (Å²) in [5.74, 6) is 2.09. The van der Waals surface area contributed by atoms with Gasteiger partial charge in [0.25, 0.3) is 0 Å². The fourth-order valence-corrected chi connectivity index (χ4v) is 2.71. The molecule has 3 aromatic carbocycles. The minimum Gasteiger partial charge on any atom is -0.490 e. The van der Waals surface area contributed by atoms with Gasteiger partial charge in [-0.15, -0.1) is 0 Å². The number of hydrogen-bond acceptors (Lipinski definition) is 5. The Bertz CT molecular complexity index is 959. The molecular formula is C25H26N2O4. The van der Waals surface area contributed by atoms with Crippen LogP contribution in [0.5, 0.6) is 17.2 Å². The van der Waals surface area contributed by atoms with Crippen molar-refractivity contribution in [2.24, 2.45) is 0 Å². The quantitative estimate of drug-likeness (QED) is 0.328. The van der Waals surface area contributed by atoms with Gasteiger partial charge in [0.2, 0.25) is 5.91 Å². The Morgan fingerprint density at radius 2 is 1.45 bits per heavy atom. The van der Waals surface area contributed by atoms with Crippen LogP contribution in [0.3, 0.4) is 0 Å². The molecule has 160 valence electrons. The fourth-order valence-electron chi connectivity index (χ4n) is 2.71. The van der Waals surface area contributed by atoms with Crippen LogP contribution >= 0.6 is 0 Å². The van der Waals surface area contributed by atoms with Gasteiger partial charge < -0.3 is 24.8 Å². The number of amides is 1. The van der Waals surface area contributed by atoms with Crippen molar-refractivity contribution < 1.29 is 19.0 Å². The van der Waals surface area contributed by atoms with Crippen molar-refractivity contribution in [2.45, 2.75) is 0 Å². The van der Waals surface area contributed by atoms with Crippen LogP contribution in [0.25, 0.3) is 0 Å². The second kappa shape index (κ2) is 11.9. The summed E-state index contributed by atoms with van der Waals surface area (Å²) in [6.07, 6.45) is 1.68. The van der Waals surface area contributed by atoms with E-state index < -0.39 is 0 Å². The van der Waals surface area contributed by atoms with Crippen LogP contribution in [-0.4, -0.2) is 32.3 Å². The molecule has 0 aliphatic heterocycles. The molecule has 31 heavy (non-hydrogen) atoms. The molecule has 0 heterocycles. The van der Waals surface area contributed by atoms with Crippen molar-refractivity contribution in [3.8, 4) is 17.2 Å². The molecule has 0 radical (unpaired) electrons. The Morgan fingerprint density at radius 1 is 0.774 bits per heavy atom. The monoisotopic (exact) mass is 418 g/mol. The number of nitrogens with one attached hydrogen (secondary N) is 2. The molecule has 0 unspecified atom stereocenters. The maximum Gasteiger partial charge on any atom is 0.243 e. The van der Waals surface area contributed by atoms with Gasteiger partial charge >= 0.3 is 0 Å². The zero-order valence-electron chi connectivity index (χ0n) is 17.3. The Labute approximate surface area is 182 Å². The smallest absolute Gasteiger partial charge is 0.243 e. The fraction of sp³-hybridized carbons (Fsp3) is 0.160. The van der Waals surface area contributed by atoms with Crippen LogP contribution in [0.1, 0.15) is 0 Å². The summed E-state index contributed by atoms with van der Waals surface area (Å²) in [7, 11) is 0. The minimum atomic E-state index is -0.151. The minimum absolute atomic E-state index is 0.134. The van der Waals surface area contributed by atoms with Crippen molar-refractivity contribution in [3.05, 3.63) is 91.5 Å². The number of hydrogen-bond donors (Lipinski definition) is 2. The SMILES string of the molecule is C=CCOc1ccc(NC(=O)CNc2cccc(OCCOc3ccccc3)c2)cc1. The molecule has 0 fully saturated rings. The summed E-state index contributed by atoms with van der Waals surface area (Å²) >= 11 is 0. The summed E-state index contributed by atoms with van der Waals surface area (Å²) in [6, 6.07) is 24.3. The number of benzene rings is 3. The van der Waals surface area contributed by atoms with E-state index in [1.54, 1.807) is 30.3 Å². The first-order valence-electron chi connectivity index (χ1n) is 10.0. The standard InChI is InChI=1S/C25H26N2O4/c1-2-15-29-23-13-11-20(12-14-23)27-25(28)19-26-21-7-6-10-24(18-21)31-17-16-30-22-8-4-3-5-9-22/h2-14,18,26H,1,15-17,19H2,(H,27,28). The summed E-state index contributed by atoms with van der Waals surface area (Å²) in [5, 5.41) is 5.94. The zero-order chi connectivity index (χ0) is 21.7. The molecule has 3 aromatic rings. The lowest BCUT2D eigenvalue weighted by Gasteiger charge is -2.11. The van der Waals surface area contributed by atoms with Crippen LogP contribution in [0.15, 0.2) is 91.5 Å². The molecule has 1 amide bonds. The second-order valence-corrected chi connectivity index (χ2v) is 6.56. The van der Waals surface area contributed by atoms with Gasteiger partial charge in [0.15, 0.2) is 0 Å². The topological polar surface area (TPSA) is 68.8 Å². The first-order chi connectivity index (χ1) is 15.2. The molecule has 0 aliphatic rings. The molecule has 0 saturated heterocycles. The highest BCUT2D eigenvalue weighted by atomic mass is 16.5. The maximum absolute atomic E-state index is 12.2. The van der Waals surface area contributed by atoms with Gasteiger partial charge in [-0.25, -0.2) is 0 Å². The third kappa shape index (κ3) is 7.78. The van der Waals surface area contributed by atoms with E-state index in [9.17, 15) is 4.79 Å². The lowest BCUT2D eigenvalue weighted by atomic mass is 10.3. The maximum atomic E-state index is 12.2. The molecule has 0 bridgehead atoms. The molecule has 6 nitrogen and oxygen atoms in total. The molecule has 0 aliphatic carbocycles. The van der Waals surface area contributed by atoms with Gasteiger partial charge in [-0.2, -0.15) is 0 Å². The van der Waals surface area contributed by atoms with Gasteiger partial charge in [-0.3, -0.25) is 4.79 Å². The first kappa shape index (κ1) is 21.8. The van der Waals surface area contributed by atoms with Gasteiger partial charge in [-0.1, -0.05) is 36.9 Å². The van der Waals surface area contributed by atoms with E-state index in [0.717, 1.165) is 17.2 Å². The van der Waals surface area contributed by atoms with E-state index in [0.29, 0.717) is 31.3 Å². The van der Waals surface area contributed by atoms with Gasteiger partial charge in [0.1, 0.15) is 37.1 Å². The normalized spacial score (nSPS) is 10.1. The Morgan fingerprint density at radius 3 is 2.19 bits per heavy atom. The largest absolute Gasteiger partial charge is 0.490 e. The average molecular weight is 418 g/mol. The third-order valence-electron chi connectivity index (χ3n) is 4.16. The highest BCUT2D eigenvalue weighted by molar-refractivity contribution is 5.93. The highest BCUT2D eigenvalue weighted by Crippen LogP contribution is 2.18. The lowest BCUT2D eigenvalue weighted by molar-refractivity contribution is -0.114. The van der Waals surface area contributed by atoms with E-state index in [1.165, 1.54) is 0 Å². The molecular weight excluding hydrogens is 392 g/mol. The van der Waals surface area contributed by atoms with E-state index in [-0.39, 0.29) is 12.5 Å². The Hall–Kier alpha value is -3.93. The van der Waals surface area contributed by atoms with E-state index in [2.05, 4.69) is 17.2 Å². The first-order valence-corrected chi connectivity index (χ1v) is 10.0. The van der Waals surface area contributed by atoms with Crippen molar-refractivity contribution in [2.75, 3.05) is 37.0 Å². The molecule has 0 aromatic heterocycles. The van der Waals surface area contributed by atoms with Crippen LogP contribution in [0.2, 0.25) is 0 Å². The van der Waals surface area contributed by atoms with Gasteiger partial charge in [0, 0.05) is 17.4 Å².